The Labute approximate surface area is 119 Å². The summed E-state index contributed by atoms with van der Waals surface area (Å²) in [6, 6.07) is 3.69. The Kier molecular flexibility index (Phi) is 4.81. The third-order valence-corrected chi connectivity index (χ3v) is 2.62. The third kappa shape index (κ3) is 4.23. The number of nitrogens with one attached hydrogen (secondary N) is 2. The van der Waals surface area contributed by atoms with E-state index in [1.165, 1.54) is 6.07 Å². The monoisotopic (exact) mass is 296 g/mol. The summed E-state index contributed by atoms with van der Waals surface area (Å²) in [6.45, 7) is 2.21. The SMILES string of the molecule is CCOc1n[nH]c(NC(=O)CCc2ccc(F)c(F)c2)n1. The van der Waals surface area contributed by atoms with Gasteiger partial charge in [0, 0.05) is 6.42 Å². The van der Waals surface area contributed by atoms with E-state index in [2.05, 4.69) is 20.5 Å². The number of aromatic nitrogens is 3. The van der Waals surface area contributed by atoms with Gasteiger partial charge in [0.15, 0.2) is 11.6 Å². The zero-order valence-electron chi connectivity index (χ0n) is 11.3. The van der Waals surface area contributed by atoms with Gasteiger partial charge in [-0.3, -0.25) is 10.1 Å². The summed E-state index contributed by atoms with van der Waals surface area (Å²) in [5, 5.41) is 8.74. The van der Waals surface area contributed by atoms with Gasteiger partial charge in [0.05, 0.1) is 6.61 Å². The fourth-order valence-electron chi connectivity index (χ4n) is 1.64. The van der Waals surface area contributed by atoms with Crippen molar-refractivity contribution in [3.8, 4) is 6.01 Å². The number of H-pyrrole nitrogens is 1. The quantitative estimate of drug-likeness (QED) is 0.855. The molecule has 2 N–H and O–H groups in total. The standard InChI is InChI=1S/C13H14F2N4O2/c1-2-21-13-17-12(18-19-13)16-11(20)6-4-8-3-5-9(14)10(15)7-8/h3,5,7H,2,4,6H2,1H3,(H2,16,17,18,19,20). The number of carbonyl (C=O) groups excluding carboxylic acids is 1. The van der Waals surface area contributed by atoms with E-state index in [1.54, 1.807) is 6.92 Å². The molecule has 0 atom stereocenters. The number of aromatic amines is 1. The van der Waals surface area contributed by atoms with E-state index in [9.17, 15) is 13.6 Å². The predicted molar refractivity (Wildman–Crippen MR) is 70.9 cm³/mol. The lowest BCUT2D eigenvalue weighted by atomic mass is 10.1. The van der Waals surface area contributed by atoms with Crippen LogP contribution in [0, 0.1) is 11.6 Å². The average molecular weight is 296 g/mol. The van der Waals surface area contributed by atoms with Gasteiger partial charge in [-0.15, -0.1) is 5.10 Å². The fraction of sp³-hybridized carbons (Fsp3) is 0.308. The van der Waals surface area contributed by atoms with Gasteiger partial charge >= 0.3 is 6.01 Å². The first-order valence-electron chi connectivity index (χ1n) is 6.37. The van der Waals surface area contributed by atoms with Crippen molar-refractivity contribution in [2.45, 2.75) is 19.8 Å². The van der Waals surface area contributed by atoms with E-state index >= 15 is 0 Å². The van der Waals surface area contributed by atoms with Crippen molar-refractivity contribution in [3.05, 3.63) is 35.4 Å². The second kappa shape index (κ2) is 6.78. The highest BCUT2D eigenvalue weighted by molar-refractivity contribution is 5.89. The number of benzene rings is 1. The maximum absolute atomic E-state index is 13.0. The van der Waals surface area contributed by atoms with Crippen molar-refractivity contribution < 1.29 is 18.3 Å². The molecule has 0 aliphatic heterocycles. The summed E-state index contributed by atoms with van der Waals surface area (Å²) < 4.78 is 30.8. The van der Waals surface area contributed by atoms with Crippen molar-refractivity contribution in [1.29, 1.82) is 0 Å². The van der Waals surface area contributed by atoms with Crippen LogP contribution in [-0.2, 0) is 11.2 Å². The van der Waals surface area contributed by atoms with Crippen LogP contribution in [-0.4, -0.2) is 27.7 Å². The van der Waals surface area contributed by atoms with Crippen molar-refractivity contribution in [2.75, 3.05) is 11.9 Å². The van der Waals surface area contributed by atoms with Gasteiger partial charge in [-0.05, 0) is 31.0 Å². The van der Waals surface area contributed by atoms with E-state index in [0.29, 0.717) is 12.2 Å². The maximum Gasteiger partial charge on any atom is 0.337 e. The minimum atomic E-state index is -0.926. The summed E-state index contributed by atoms with van der Waals surface area (Å²) in [5.41, 5.74) is 0.539. The van der Waals surface area contributed by atoms with Gasteiger partial charge in [-0.25, -0.2) is 13.9 Å². The smallest absolute Gasteiger partial charge is 0.337 e. The van der Waals surface area contributed by atoms with Crippen LogP contribution in [0.15, 0.2) is 18.2 Å². The summed E-state index contributed by atoms with van der Waals surface area (Å²) in [6.07, 6.45) is 0.394. The normalized spacial score (nSPS) is 10.4. The number of amides is 1. The molecule has 0 saturated heterocycles. The molecule has 1 amide bonds. The molecule has 112 valence electrons. The minimum absolute atomic E-state index is 0.107. The second-order valence-corrected chi connectivity index (χ2v) is 4.20. The number of anilines is 1. The summed E-state index contributed by atoms with van der Waals surface area (Å²) in [5.74, 6) is -1.98. The fourth-order valence-corrected chi connectivity index (χ4v) is 1.64. The van der Waals surface area contributed by atoms with Gasteiger partial charge in [0.25, 0.3) is 0 Å². The van der Waals surface area contributed by atoms with E-state index in [-0.39, 0.29) is 30.7 Å². The number of nitrogens with zero attached hydrogens (tertiary/aromatic N) is 2. The first kappa shape index (κ1) is 14.9. The van der Waals surface area contributed by atoms with Crippen molar-refractivity contribution in [1.82, 2.24) is 15.2 Å². The molecule has 1 aromatic carbocycles. The number of ether oxygens (including phenoxy) is 1. The molecule has 1 heterocycles. The Morgan fingerprint density at radius 1 is 1.38 bits per heavy atom. The molecule has 2 rings (SSSR count). The van der Waals surface area contributed by atoms with Crippen LogP contribution in [0.1, 0.15) is 18.9 Å². The number of aryl methyl sites for hydroxylation is 1. The van der Waals surface area contributed by atoms with Crippen molar-refractivity contribution in [2.24, 2.45) is 0 Å². The Balaban J connectivity index is 1.85. The maximum atomic E-state index is 13.0. The van der Waals surface area contributed by atoms with Gasteiger partial charge in [-0.2, -0.15) is 4.98 Å². The highest BCUT2D eigenvalue weighted by atomic mass is 19.2. The molecule has 6 nitrogen and oxygen atoms in total. The Hall–Kier alpha value is -2.51. The van der Waals surface area contributed by atoms with Crippen LogP contribution >= 0.6 is 0 Å². The topological polar surface area (TPSA) is 79.9 Å². The molecule has 2 aromatic rings. The van der Waals surface area contributed by atoms with Gasteiger partial charge in [-0.1, -0.05) is 6.07 Å². The lowest BCUT2D eigenvalue weighted by Crippen LogP contribution is -2.13. The van der Waals surface area contributed by atoms with E-state index in [0.717, 1.165) is 12.1 Å². The highest BCUT2D eigenvalue weighted by Crippen LogP contribution is 2.11. The zero-order valence-corrected chi connectivity index (χ0v) is 11.3. The van der Waals surface area contributed by atoms with Crippen LogP contribution < -0.4 is 10.1 Å². The molecule has 8 heteroatoms. The Morgan fingerprint density at radius 3 is 2.90 bits per heavy atom. The lowest BCUT2D eigenvalue weighted by molar-refractivity contribution is -0.116. The molecule has 0 aliphatic rings. The largest absolute Gasteiger partial charge is 0.463 e. The Morgan fingerprint density at radius 2 is 2.19 bits per heavy atom. The zero-order chi connectivity index (χ0) is 15.2. The molecule has 0 saturated carbocycles. The van der Waals surface area contributed by atoms with Crippen LogP contribution in [0.3, 0.4) is 0 Å². The van der Waals surface area contributed by atoms with Gasteiger partial charge in [0.2, 0.25) is 11.9 Å². The van der Waals surface area contributed by atoms with Crippen LogP contribution in [0.4, 0.5) is 14.7 Å². The molecule has 0 radical (unpaired) electrons. The lowest BCUT2D eigenvalue weighted by Gasteiger charge is -2.02. The summed E-state index contributed by atoms with van der Waals surface area (Å²) in [7, 11) is 0. The number of halogens is 2. The van der Waals surface area contributed by atoms with Crippen LogP contribution in [0.2, 0.25) is 0 Å². The van der Waals surface area contributed by atoms with Crippen molar-refractivity contribution >= 4 is 11.9 Å². The van der Waals surface area contributed by atoms with Crippen LogP contribution in [0.25, 0.3) is 0 Å². The third-order valence-electron chi connectivity index (χ3n) is 2.62. The molecule has 0 spiro atoms. The second-order valence-electron chi connectivity index (χ2n) is 4.20. The molecule has 0 fully saturated rings. The average Bonchev–Trinajstić information content (AvgIpc) is 2.88. The van der Waals surface area contributed by atoms with Gasteiger partial charge in [0.1, 0.15) is 0 Å². The van der Waals surface area contributed by atoms with Crippen molar-refractivity contribution in [3.63, 3.8) is 0 Å². The molecule has 21 heavy (non-hydrogen) atoms. The van der Waals surface area contributed by atoms with Crippen LogP contribution in [0.5, 0.6) is 6.01 Å². The number of rotatable bonds is 6. The number of hydrogen-bond donors (Lipinski definition) is 2. The molecular formula is C13H14F2N4O2. The Bertz CT molecular complexity index is 630. The molecule has 0 aliphatic carbocycles. The summed E-state index contributed by atoms with van der Waals surface area (Å²) in [4.78, 5) is 15.6. The molecule has 1 aromatic heterocycles. The molecular weight excluding hydrogens is 282 g/mol. The predicted octanol–water partition coefficient (Wildman–Crippen LogP) is 2.05. The first-order chi connectivity index (χ1) is 10.1. The number of hydrogen-bond acceptors (Lipinski definition) is 4. The molecule has 0 unspecified atom stereocenters. The first-order valence-corrected chi connectivity index (χ1v) is 6.37. The number of carbonyl (C=O) groups is 1. The van der Waals surface area contributed by atoms with E-state index in [1.807, 2.05) is 0 Å². The van der Waals surface area contributed by atoms with Gasteiger partial charge < -0.3 is 4.74 Å². The van der Waals surface area contributed by atoms with E-state index in [4.69, 9.17) is 4.74 Å². The molecule has 0 bridgehead atoms. The minimum Gasteiger partial charge on any atom is -0.463 e. The highest BCUT2D eigenvalue weighted by Gasteiger charge is 2.09. The summed E-state index contributed by atoms with van der Waals surface area (Å²) >= 11 is 0. The van der Waals surface area contributed by atoms with E-state index < -0.39 is 11.6 Å².